The lowest BCUT2D eigenvalue weighted by Crippen LogP contribution is -2.32. The van der Waals surface area contributed by atoms with E-state index in [0.717, 1.165) is 56.5 Å². The minimum absolute atomic E-state index is 0. The molecular weight excluding hydrogens is 481 g/mol. The Hall–Kier alpha value is -1.26. The van der Waals surface area contributed by atoms with Crippen molar-refractivity contribution in [2.45, 2.75) is 26.7 Å². The van der Waals surface area contributed by atoms with Crippen LogP contribution in [0.4, 0.5) is 5.69 Å². The van der Waals surface area contributed by atoms with Gasteiger partial charge in [-0.25, -0.2) is 0 Å². The molecule has 0 amide bonds. The Bertz CT molecular complexity index is 615. The molecule has 1 saturated heterocycles. The molecule has 1 aromatic rings. The van der Waals surface area contributed by atoms with Crippen molar-refractivity contribution in [3.63, 3.8) is 0 Å². The SMILES string of the molecule is CCNC(=NCCCN1CCCN(C)CC1)Nc1ccc(OCC)c(OC)c1.I. The van der Waals surface area contributed by atoms with Crippen LogP contribution in [0, 0.1) is 0 Å². The summed E-state index contributed by atoms with van der Waals surface area (Å²) < 4.78 is 11.0. The number of ether oxygens (including phenoxy) is 2. The van der Waals surface area contributed by atoms with Gasteiger partial charge in [0.25, 0.3) is 0 Å². The second-order valence-corrected chi connectivity index (χ2v) is 7.04. The predicted molar refractivity (Wildman–Crippen MR) is 132 cm³/mol. The second-order valence-electron chi connectivity index (χ2n) is 7.04. The van der Waals surface area contributed by atoms with Gasteiger partial charge in [0.2, 0.25) is 0 Å². The zero-order chi connectivity index (χ0) is 20.2. The fraction of sp³-hybridized carbons (Fsp3) is 0.667. The maximum absolute atomic E-state index is 5.58. The number of likely N-dealkylation sites (N-methyl/N-ethyl adjacent to an activating group) is 1. The number of aliphatic imine (C=N–C) groups is 1. The third-order valence-corrected chi connectivity index (χ3v) is 4.78. The highest BCUT2D eigenvalue weighted by molar-refractivity contribution is 14.0. The summed E-state index contributed by atoms with van der Waals surface area (Å²) in [7, 11) is 3.86. The van der Waals surface area contributed by atoms with Crippen molar-refractivity contribution in [3.8, 4) is 11.5 Å². The first kappa shape index (κ1) is 25.8. The quantitative estimate of drug-likeness (QED) is 0.226. The number of halogens is 1. The van der Waals surface area contributed by atoms with Crippen LogP contribution in [-0.2, 0) is 0 Å². The molecular formula is C21H38IN5O2. The van der Waals surface area contributed by atoms with Gasteiger partial charge in [0, 0.05) is 37.9 Å². The molecule has 0 aromatic heterocycles. The molecule has 2 rings (SSSR count). The zero-order valence-corrected chi connectivity index (χ0v) is 20.7. The lowest BCUT2D eigenvalue weighted by Gasteiger charge is -2.19. The molecule has 29 heavy (non-hydrogen) atoms. The highest BCUT2D eigenvalue weighted by atomic mass is 127. The highest BCUT2D eigenvalue weighted by Crippen LogP contribution is 2.30. The molecule has 1 aromatic carbocycles. The topological polar surface area (TPSA) is 61.4 Å². The molecule has 1 fully saturated rings. The Morgan fingerprint density at radius 1 is 1.14 bits per heavy atom. The fourth-order valence-electron chi connectivity index (χ4n) is 3.27. The summed E-state index contributed by atoms with van der Waals surface area (Å²) in [5, 5.41) is 6.67. The molecule has 0 radical (unpaired) electrons. The van der Waals surface area contributed by atoms with Crippen LogP contribution in [0.25, 0.3) is 0 Å². The van der Waals surface area contributed by atoms with Crippen LogP contribution in [0.1, 0.15) is 26.7 Å². The monoisotopic (exact) mass is 519 g/mol. The van der Waals surface area contributed by atoms with Crippen molar-refractivity contribution in [1.82, 2.24) is 15.1 Å². The van der Waals surface area contributed by atoms with Gasteiger partial charge in [-0.15, -0.1) is 24.0 Å². The molecule has 1 heterocycles. The first-order chi connectivity index (χ1) is 13.7. The standard InChI is InChI=1S/C21H37N5O2.HI/c1-5-22-21(23-11-7-13-26-14-8-12-25(3)15-16-26)24-18-9-10-19(28-6-2)20(17-18)27-4;/h9-10,17H,5-8,11-16H2,1-4H3,(H2,22,23,24);1H. The summed E-state index contributed by atoms with van der Waals surface area (Å²) in [4.78, 5) is 9.70. The molecule has 1 aliphatic rings. The Balaban J connectivity index is 0.00000420. The zero-order valence-electron chi connectivity index (χ0n) is 18.4. The van der Waals surface area contributed by atoms with Crippen LogP contribution in [0.15, 0.2) is 23.2 Å². The maximum Gasteiger partial charge on any atom is 0.195 e. The number of benzene rings is 1. The third-order valence-electron chi connectivity index (χ3n) is 4.78. The summed E-state index contributed by atoms with van der Waals surface area (Å²) in [6.07, 6.45) is 2.32. The van der Waals surface area contributed by atoms with E-state index >= 15 is 0 Å². The van der Waals surface area contributed by atoms with Crippen LogP contribution in [0.5, 0.6) is 11.5 Å². The van der Waals surface area contributed by atoms with E-state index in [9.17, 15) is 0 Å². The molecule has 0 atom stereocenters. The van der Waals surface area contributed by atoms with Gasteiger partial charge in [-0.05, 0) is 65.5 Å². The Labute approximate surface area is 193 Å². The van der Waals surface area contributed by atoms with Crippen molar-refractivity contribution in [1.29, 1.82) is 0 Å². The molecule has 2 N–H and O–H groups in total. The van der Waals surface area contributed by atoms with Gasteiger partial charge < -0.3 is 29.9 Å². The van der Waals surface area contributed by atoms with Crippen molar-refractivity contribution < 1.29 is 9.47 Å². The molecule has 0 spiro atoms. The van der Waals surface area contributed by atoms with Gasteiger partial charge in [0.15, 0.2) is 17.5 Å². The molecule has 8 heteroatoms. The van der Waals surface area contributed by atoms with E-state index in [-0.39, 0.29) is 24.0 Å². The predicted octanol–water partition coefficient (Wildman–Crippen LogP) is 3.12. The third kappa shape index (κ3) is 9.39. The van der Waals surface area contributed by atoms with Crippen LogP contribution in [-0.4, -0.2) is 82.3 Å². The number of guanidine groups is 1. The highest BCUT2D eigenvalue weighted by Gasteiger charge is 2.11. The number of hydrogen-bond donors (Lipinski definition) is 2. The minimum Gasteiger partial charge on any atom is -0.493 e. The Morgan fingerprint density at radius 2 is 1.97 bits per heavy atom. The second kappa shape index (κ2) is 14.7. The minimum atomic E-state index is 0. The summed E-state index contributed by atoms with van der Waals surface area (Å²) in [5.74, 6) is 2.26. The average Bonchev–Trinajstić information content (AvgIpc) is 2.90. The molecule has 0 bridgehead atoms. The van der Waals surface area contributed by atoms with Crippen molar-refractivity contribution >= 4 is 35.6 Å². The van der Waals surface area contributed by atoms with Crippen LogP contribution in [0.3, 0.4) is 0 Å². The molecule has 7 nitrogen and oxygen atoms in total. The normalized spacial score (nSPS) is 15.9. The maximum atomic E-state index is 5.58. The molecule has 0 unspecified atom stereocenters. The van der Waals surface area contributed by atoms with Crippen LogP contribution >= 0.6 is 24.0 Å². The van der Waals surface area contributed by atoms with E-state index in [4.69, 9.17) is 14.5 Å². The first-order valence-corrected chi connectivity index (χ1v) is 10.4. The van der Waals surface area contributed by atoms with Crippen LogP contribution in [0.2, 0.25) is 0 Å². The van der Waals surface area contributed by atoms with Crippen LogP contribution < -0.4 is 20.1 Å². The molecule has 1 aliphatic heterocycles. The Morgan fingerprint density at radius 3 is 2.69 bits per heavy atom. The van der Waals surface area contributed by atoms with E-state index in [1.807, 2.05) is 25.1 Å². The smallest absolute Gasteiger partial charge is 0.195 e. The number of rotatable bonds is 9. The number of nitrogens with zero attached hydrogens (tertiary/aromatic N) is 3. The fourth-order valence-corrected chi connectivity index (χ4v) is 3.27. The van der Waals surface area contributed by atoms with E-state index < -0.39 is 0 Å². The van der Waals surface area contributed by atoms with E-state index in [0.29, 0.717) is 12.4 Å². The molecule has 0 aliphatic carbocycles. The van der Waals surface area contributed by atoms with Gasteiger partial charge in [-0.1, -0.05) is 0 Å². The van der Waals surface area contributed by atoms with Crippen molar-refractivity contribution in [2.75, 3.05) is 71.9 Å². The lowest BCUT2D eigenvalue weighted by molar-refractivity contribution is 0.275. The first-order valence-electron chi connectivity index (χ1n) is 10.4. The largest absolute Gasteiger partial charge is 0.493 e. The van der Waals surface area contributed by atoms with Crippen molar-refractivity contribution in [2.24, 2.45) is 4.99 Å². The van der Waals surface area contributed by atoms with E-state index in [1.54, 1.807) is 7.11 Å². The van der Waals surface area contributed by atoms with Gasteiger partial charge in [0.05, 0.1) is 13.7 Å². The lowest BCUT2D eigenvalue weighted by atomic mass is 10.2. The summed E-state index contributed by atoms with van der Waals surface area (Å²) >= 11 is 0. The molecule has 0 saturated carbocycles. The van der Waals surface area contributed by atoms with Gasteiger partial charge in [-0.3, -0.25) is 4.99 Å². The van der Waals surface area contributed by atoms with E-state index in [1.165, 1.54) is 19.5 Å². The molecule has 166 valence electrons. The van der Waals surface area contributed by atoms with Gasteiger partial charge >= 0.3 is 0 Å². The number of anilines is 1. The number of hydrogen-bond acceptors (Lipinski definition) is 5. The average molecular weight is 519 g/mol. The summed E-state index contributed by atoms with van der Waals surface area (Å²) in [6, 6.07) is 5.84. The number of methoxy groups -OCH3 is 1. The van der Waals surface area contributed by atoms with Gasteiger partial charge in [-0.2, -0.15) is 0 Å². The summed E-state index contributed by atoms with van der Waals surface area (Å²) in [5.41, 5.74) is 0.926. The Kier molecular flexibility index (Phi) is 13.0. The van der Waals surface area contributed by atoms with E-state index in [2.05, 4.69) is 34.4 Å². The van der Waals surface area contributed by atoms with Gasteiger partial charge in [0.1, 0.15) is 0 Å². The van der Waals surface area contributed by atoms with Crippen molar-refractivity contribution in [3.05, 3.63) is 18.2 Å². The summed E-state index contributed by atoms with van der Waals surface area (Å²) in [6.45, 7) is 12.1. The number of nitrogens with one attached hydrogen (secondary N) is 2.